The van der Waals surface area contributed by atoms with Crippen molar-refractivity contribution in [1.82, 2.24) is 10.2 Å². The SMILES string of the molecule is CNCC1CN(C)C(C)CN1c1cccc(C)c1C. The van der Waals surface area contributed by atoms with E-state index in [2.05, 4.69) is 61.1 Å². The Bertz CT molecular complexity index is 430. The average Bonchev–Trinajstić information content (AvgIpc) is 2.37. The molecule has 0 radical (unpaired) electrons. The standard InChI is InChI=1S/C16H27N3/c1-12-7-6-8-16(14(12)3)19-10-13(2)18(5)11-15(19)9-17-4/h6-8,13,15,17H,9-11H2,1-5H3. The molecule has 0 aromatic heterocycles. The van der Waals surface area contributed by atoms with E-state index >= 15 is 0 Å². The summed E-state index contributed by atoms with van der Waals surface area (Å²) < 4.78 is 0. The Labute approximate surface area is 117 Å². The van der Waals surface area contributed by atoms with Crippen LogP contribution in [0.1, 0.15) is 18.1 Å². The van der Waals surface area contributed by atoms with Crippen LogP contribution in [-0.4, -0.2) is 50.7 Å². The lowest BCUT2D eigenvalue weighted by molar-refractivity contribution is 0.198. The molecule has 0 saturated carbocycles. The van der Waals surface area contributed by atoms with E-state index in [1.54, 1.807) is 0 Å². The first-order chi connectivity index (χ1) is 9.04. The van der Waals surface area contributed by atoms with Gasteiger partial charge in [-0.3, -0.25) is 4.90 Å². The Morgan fingerprint density at radius 3 is 2.68 bits per heavy atom. The highest BCUT2D eigenvalue weighted by atomic mass is 15.3. The van der Waals surface area contributed by atoms with Gasteiger partial charge in [-0.1, -0.05) is 12.1 Å². The van der Waals surface area contributed by atoms with Crippen molar-refractivity contribution in [2.75, 3.05) is 38.6 Å². The maximum atomic E-state index is 3.34. The van der Waals surface area contributed by atoms with Crippen molar-refractivity contribution in [2.24, 2.45) is 0 Å². The normalized spacial score (nSPS) is 24.8. The smallest absolute Gasteiger partial charge is 0.0542 e. The molecule has 1 heterocycles. The summed E-state index contributed by atoms with van der Waals surface area (Å²) in [6, 6.07) is 7.80. The molecule has 0 spiro atoms. The molecule has 1 N–H and O–H groups in total. The zero-order chi connectivity index (χ0) is 14.0. The Balaban J connectivity index is 2.31. The summed E-state index contributed by atoms with van der Waals surface area (Å²) in [7, 11) is 4.27. The first-order valence-corrected chi connectivity index (χ1v) is 7.22. The van der Waals surface area contributed by atoms with Crippen LogP contribution in [0, 0.1) is 13.8 Å². The van der Waals surface area contributed by atoms with Crippen molar-refractivity contribution in [3.05, 3.63) is 29.3 Å². The van der Waals surface area contributed by atoms with Crippen LogP contribution in [0.4, 0.5) is 5.69 Å². The molecule has 0 amide bonds. The van der Waals surface area contributed by atoms with E-state index < -0.39 is 0 Å². The minimum atomic E-state index is 0.548. The summed E-state index contributed by atoms with van der Waals surface area (Å²) in [5.74, 6) is 0. The third-order valence-electron chi connectivity index (χ3n) is 4.48. The molecule has 1 fully saturated rings. The minimum Gasteiger partial charge on any atom is -0.364 e. The van der Waals surface area contributed by atoms with Gasteiger partial charge in [-0.25, -0.2) is 0 Å². The van der Waals surface area contributed by atoms with Gasteiger partial charge in [-0.05, 0) is 52.1 Å². The fourth-order valence-corrected chi connectivity index (χ4v) is 2.94. The van der Waals surface area contributed by atoms with Gasteiger partial charge in [-0.15, -0.1) is 0 Å². The fourth-order valence-electron chi connectivity index (χ4n) is 2.94. The molecule has 3 nitrogen and oxygen atoms in total. The second kappa shape index (κ2) is 5.93. The van der Waals surface area contributed by atoms with Crippen LogP contribution in [0.3, 0.4) is 0 Å². The molecule has 1 aliphatic heterocycles. The number of hydrogen-bond acceptors (Lipinski definition) is 3. The summed E-state index contributed by atoms with van der Waals surface area (Å²) in [6.45, 7) is 10.0. The second-order valence-electron chi connectivity index (χ2n) is 5.87. The summed E-state index contributed by atoms with van der Waals surface area (Å²) in [4.78, 5) is 5.05. The van der Waals surface area contributed by atoms with Gasteiger partial charge in [0.15, 0.2) is 0 Å². The molecule has 19 heavy (non-hydrogen) atoms. The second-order valence-corrected chi connectivity index (χ2v) is 5.87. The lowest BCUT2D eigenvalue weighted by atomic mass is 10.0. The molecule has 1 aromatic rings. The number of anilines is 1. The topological polar surface area (TPSA) is 18.5 Å². The number of benzene rings is 1. The van der Waals surface area contributed by atoms with Gasteiger partial charge in [0.05, 0.1) is 6.04 Å². The van der Waals surface area contributed by atoms with E-state index in [0.717, 1.165) is 19.6 Å². The minimum absolute atomic E-state index is 0.548. The number of rotatable bonds is 3. The van der Waals surface area contributed by atoms with Gasteiger partial charge in [0, 0.05) is 31.4 Å². The zero-order valence-corrected chi connectivity index (χ0v) is 12.9. The molecule has 1 aliphatic rings. The van der Waals surface area contributed by atoms with E-state index in [-0.39, 0.29) is 0 Å². The van der Waals surface area contributed by atoms with Gasteiger partial charge in [0.25, 0.3) is 0 Å². The highest BCUT2D eigenvalue weighted by Gasteiger charge is 2.30. The predicted molar refractivity (Wildman–Crippen MR) is 83.1 cm³/mol. The van der Waals surface area contributed by atoms with Crippen molar-refractivity contribution in [2.45, 2.75) is 32.9 Å². The third kappa shape index (κ3) is 2.93. The predicted octanol–water partition coefficient (Wildman–Crippen LogP) is 2.03. The van der Waals surface area contributed by atoms with Crippen molar-refractivity contribution >= 4 is 5.69 Å². The van der Waals surface area contributed by atoms with Gasteiger partial charge in [0.2, 0.25) is 0 Å². The molecular weight excluding hydrogens is 234 g/mol. The molecule has 3 heteroatoms. The third-order valence-corrected chi connectivity index (χ3v) is 4.48. The van der Waals surface area contributed by atoms with Crippen LogP contribution in [0.25, 0.3) is 0 Å². The maximum absolute atomic E-state index is 3.34. The molecule has 1 saturated heterocycles. The van der Waals surface area contributed by atoms with Crippen LogP contribution in [-0.2, 0) is 0 Å². The zero-order valence-electron chi connectivity index (χ0n) is 12.9. The number of piperazine rings is 1. The van der Waals surface area contributed by atoms with Gasteiger partial charge >= 0.3 is 0 Å². The van der Waals surface area contributed by atoms with Crippen molar-refractivity contribution in [3.8, 4) is 0 Å². The number of aryl methyl sites for hydroxylation is 1. The van der Waals surface area contributed by atoms with Crippen LogP contribution in [0.2, 0.25) is 0 Å². The van der Waals surface area contributed by atoms with Crippen molar-refractivity contribution < 1.29 is 0 Å². The van der Waals surface area contributed by atoms with E-state index in [9.17, 15) is 0 Å². The molecular formula is C16H27N3. The summed E-state index contributed by atoms with van der Waals surface area (Å²) in [5.41, 5.74) is 4.20. The van der Waals surface area contributed by atoms with Crippen LogP contribution >= 0.6 is 0 Å². The highest BCUT2D eigenvalue weighted by Crippen LogP contribution is 2.27. The lowest BCUT2D eigenvalue weighted by Crippen LogP contribution is -2.59. The molecule has 1 aromatic carbocycles. The number of likely N-dealkylation sites (N-methyl/N-ethyl adjacent to an activating group) is 2. The molecule has 2 atom stereocenters. The maximum Gasteiger partial charge on any atom is 0.0542 e. The van der Waals surface area contributed by atoms with E-state index in [0.29, 0.717) is 12.1 Å². The molecule has 106 valence electrons. The lowest BCUT2D eigenvalue weighted by Gasteiger charge is -2.45. The van der Waals surface area contributed by atoms with E-state index in [4.69, 9.17) is 0 Å². The largest absolute Gasteiger partial charge is 0.364 e. The van der Waals surface area contributed by atoms with E-state index in [1.807, 2.05) is 7.05 Å². The van der Waals surface area contributed by atoms with Crippen LogP contribution in [0.15, 0.2) is 18.2 Å². The summed E-state index contributed by atoms with van der Waals surface area (Å²) in [5, 5.41) is 3.34. The van der Waals surface area contributed by atoms with Gasteiger partial charge in [-0.2, -0.15) is 0 Å². The number of hydrogen-bond donors (Lipinski definition) is 1. The monoisotopic (exact) mass is 261 g/mol. The van der Waals surface area contributed by atoms with Crippen molar-refractivity contribution in [3.63, 3.8) is 0 Å². The fraction of sp³-hybridized carbons (Fsp3) is 0.625. The Kier molecular flexibility index (Phi) is 4.48. The first-order valence-electron chi connectivity index (χ1n) is 7.22. The Morgan fingerprint density at radius 1 is 1.26 bits per heavy atom. The van der Waals surface area contributed by atoms with Crippen LogP contribution < -0.4 is 10.2 Å². The molecule has 0 bridgehead atoms. The average molecular weight is 261 g/mol. The van der Waals surface area contributed by atoms with Gasteiger partial charge in [0.1, 0.15) is 0 Å². The summed E-state index contributed by atoms with van der Waals surface area (Å²) in [6.07, 6.45) is 0. The Morgan fingerprint density at radius 2 is 2.00 bits per heavy atom. The van der Waals surface area contributed by atoms with Gasteiger partial charge < -0.3 is 10.2 Å². The highest BCUT2D eigenvalue weighted by molar-refractivity contribution is 5.57. The molecule has 2 unspecified atom stereocenters. The molecule has 0 aliphatic carbocycles. The first kappa shape index (κ1) is 14.4. The van der Waals surface area contributed by atoms with Crippen LogP contribution in [0.5, 0.6) is 0 Å². The number of nitrogens with zero attached hydrogens (tertiary/aromatic N) is 2. The Hall–Kier alpha value is -1.06. The quantitative estimate of drug-likeness (QED) is 0.898. The molecule has 2 rings (SSSR count). The van der Waals surface area contributed by atoms with Crippen molar-refractivity contribution in [1.29, 1.82) is 0 Å². The van der Waals surface area contributed by atoms with E-state index in [1.165, 1.54) is 16.8 Å². The number of nitrogens with one attached hydrogen (secondary N) is 1. The summed E-state index contributed by atoms with van der Waals surface area (Å²) >= 11 is 0.